The molecule has 1 atom stereocenters. The number of rotatable bonds is 4. The smallest absolute Gasteiger partial charge is 0.287 e. The third kappa shape index (κ3) is 3.61. The van der Waals surface area contributed by atoms with Crippen LogP contribution >= 0.6 is 31.9 Å². The monoisotopic (exact) mass is 414 g/mol. The van der Waals surface area contributed by atoms with Crippen LogP contribution < -0.4 is 10.5 Å². The Morgan fingerprint density at radius 3 is 2.57 bits per heavy atom. The van der Waals surface area contributed by atoms with Gasteiger partial charge in [0.15, 0.2) is 0 Å². The van der Waals surface area contributed by atoms with E-state index in [1.165, 1.54) is 6.07 Å². The molecule has 0 saturated heterocycles. The summed E-state index contributed by atoms with van der Waals surface area (Å²) in [7, 11) is 0. The van der Waals surface area contributed by atoms with Crippen molar-refractivity contribution in [3.8, 4) is 11.5 Å². The molecule has 0 bridgehead atoms. The van der Waals surface area contributed by atoms with Gasteiger partial charge in [-0.2, -0.15) is 0 Å². The van der Waals surface area contributed by atoms with Crippen molar-refractivity contribution < 1.29 is 9.66 Å². The Labute approximate surface area is 138 Å². The standard InChI is InChI=1S/C14H12Br2N2O3/c1-8(17)10-6-5-9(7-11(10)15)21-13-4-2-3-12(14(13)16)18(19)20/h2-8H,17H2,1H3/t8-/m0/s1. The highest BCUT2D eigenvalue weighted by Gasteiger charge is 2.16. The van der Waals surface area contributed by atoms with Crippen molar-refractivity contribution in [2.75, 3.05) is 0 Å². The molecular formula is C14H12Br2N2O3. The largest absolute Gasteiger partial charge is 0.456 e. The Morgan fingerprint density at radius 2 is 2.00 bits per heavy atom. The summed E-state index contributed by atoms with van der Waals surface area (Å²) in [5.41, 5.74) is 6.76. The summed E-state index contributed by atoms with van der Waals surface area (Å²) in [6.07, 6.45) is 0. The van der Waals surface area contributed by atoms with Gasteiger partial charge in [0.25, 0.3) is 5.69 Å². The van der Waals surface area contributed by atoms with E-state index in [1.807, 2.05) is 13.0 Å². The molecule has 0 amide bonds. The summed E-state index contributed by atoms with van der Waals surface area (Å²) in [6, 6.07) is 9.95. The first-order valence-electron chi connectivity index (χ1n) is 6.06. The van der Waals surface area contributed by atoms with Gasteiger partial charge in [-0.25, -0.2) is 0 Å². The molecule has 2 N–H and O–H groups in total. The molecule has 0 aromatic heterocycles. The molecule has 0 aliphatic rings. The highest BCUT2D eigenvalue weighted by atomic mass is 79.9. The van der Waals surface area contributed by atoms with Gasteiger partial charge in [0.05, 0.1) is 4.92 Å². The molecule has 0 spiro atoms. The van der Waals surface area contributed by atoms with E-state index < -0.39 is 4.92 Å². The topological polar surface area (TPSA) is 78.4 Å². The van der Waals surface area contributed by atoms with Gasteiger partial charge in [0.2, 0.25) is 0 Å². The van der Waals surface area contributed by atoms with Crippen molar-refractivity contribution in [2.45, 2.75) is 13.0 Å². The van der Waals surface area contributed by atoms with E-state index in [4.69, 9.17) is 10.5 Å². The molecule has 0 aliphatic carbocycles. The van der Waals surface area contributed by atoms with Crippen molar-refractivity contribution in [1.29, 1.82) is 0 Å². The van der Waals surface area contributed by atoms with Gasteiger partial charge >= 0.3 is 0 Å². The maximum atomic E-state index is 10.9. The van der Waals surface area contributed by atoms with Crippen molar-refractivity contribution in [2.24, 2.45) is 5.73 Å². The summed E-state index contributed by atoms with van der Waals surface area (Å²) in [5.74, 6) is 0.942. The van der Waals surface area contributed by atoms with Crippen molar-refractivity contribution in [3.05, 3.63) is 61.0 Å². The van der Waals surface area contributed by atoms with Crippen LogP contribution in [0.3, 0.4) is 0 Å². The van der Waals surface area contributed by atoms with Crippen LogP contribution in [0.2, 0.25) is 0 Å². The Bertz CT molecular complexity index is 690. The second-order valence-corrected chi connectivity index (χ2v) is 6.07. The fraction of sp³-hybridized carbons (Fsp3) is 0.143. The number of hydrogen-bond donors (Lipinski definition) is 1. The van der Waals surface area contributed by atoms with Crippen molar-refractivity contribution in [3.63, 3.8) is 0 Å². The van der Waals surface area contributed by atoms with E-state index in [2.05, 4.69) is 31.9 Å². The Morgan fingerprint density at radius 1 is 1.29 bits per heavy atom. The van der Waals surface area contributed by atoms with Crippen LogP contribution in [0, 0.1) is 10.1 Å². The molecule has 2 aromatic carbocycles. The average Bonchev–Trinajstić information content (AvgIpc) is 2.40. The molecule has 0 unspecified atom stereocenters. The predicted molar refractivity (Wildman–Crippen MR) is 87.6 cm³/mol. The molecule has 110 valence electrons. The summed E-state index contributed by atoms with van der Waals surface area (Å²) in [5, 5.41) is 10.9. The zero-order valence-corrected chi connectivity index (χ0v) is 14.2. The van der Waals surface area contributed by atoms with Crippen LogP contribution in [-0.4, -0.2) is 4.92 Å². The lowest BCUT2D eigenvalue weighted by atomic mass is 10.1. The zero-order valence-electron chi connectivity index (χ0n) is 11.0. The average molecular weight is 416 g/mol. The lowest BCUT2D eigenvalue weighted by Gasteiger charge is -2.12. The van der Waals surface area contributed by atoms with Crippen LogP contribution in [0.15, 0.2) is 45.3 Å². The Kier molecular flexibility index (Phi) is 4.97. The van der Waals surface area contributed by atoms with Gasteiger partial charge in [0.1, 0.15) is 16.0 Å². The Hall–Kier alpha value is -1.44. The molecule has 0 radical (unpaired) electrons. The highest BCUT2D eigenvalue weighted by molar-refractivity contribution is 9.11. The molecule has 7 heteroatoms. The lowest BCUT2D eigenvalue weighted by molar-refractivity contribution is -0.385. The van der Waals surface area contributed by atoms with Gasteiger partial charge < -0.3 is 10.5 Å². The first-order valence-corrected chi connectivity index (χ1v) is 7.64. The van der Waals surface area contributed by atoms with E-state index >= 15 is 0 Å². The van der Waals surface area contributed by atoms with Crippen LogP contribution in [0.4, 0.5) is 5.69 Å². The summed E-state index contributed by atoms with van der Waals surface area (Å²) in [4.78, 5) is 10.4. The number of nitrogens with zero attached hydrogens (tertiary/aromatic N) is 1. The summed E-state index contributed by atoms with van der Waals surface area (Å²) < 4.78 is 6.83. The molecule has 2 rings (SSSR count). The molecule has 0 aliphatic heterocycles. The van der Waals surface area contributed by atoms with E-state index in [0.717, 1.165) is 10.0 Å². The van der Waals surface area contributed by atoms with Crippen LogP contribution in [0.1, 0.15) is 18.5 Å². The van der Waals surface area contributed by atoms with Crippen LogP contribution in [0.25, 0.3) is 0 Å². The maximum Gasteiger partial charge on any atom is 0.287 e. The van der Waals surface area contributed by atoms with E-state index in [0.29, 0.717) is 16.0 Å². The first kappa shape index (κ1) is 15.9. The molecule has 0 saturated carbocycles. The molecular weight excluding hydrogens is 404 g/mol. The summed E-state index contributed by atoms with van der Waals surface area (Å²) in [6.45, 7) is 1.89. The van der Waals surface area contributed by atoms with Gasteiger partial charge in [-0.15, -0.1) is 0 Å². The number of hydrogen-bond acceptors (Lipinski definition) is 4. The third-order valence-corrected chi connectivity index (χ3v) is 4.31. The molecule has 21 heavy (non-hydrogen) atoms. The molecule has 0 fully saturated rings. The fourth-order valence-corrected chi connectivity index (χ4v) is 3.00. The molecule has 0 heterocycles. The third-order valence-electron chi connectivity index (χ3n) is 2.83. The summed E-state index contributed by atoms with van der Waals surface area (Å²) >= 11 is 6.63. The van der Waals surface area contributed by atoms with Gasteiger partial charge in [-0.1, -0.05) is 28.1 Å². The van der Waals surface area contributed by atoms with Gasteiger partial charge in [0, 0.05) is 16.6 Å². The number of halogens is 2. The van der Waals surface area contributed by atoms with Gasteiger partial charge in [-0.3, -0.25) is 10.1 Å². The number of benzene rings is 2. The predicted octanol–water partition coefficient (Wildman–Crippen LogP) is 4.93. The van der Waals surface area contributed by atoms with E-state index in [1.54, 1.807) is 24.3 Å². The first-order chi connectivity index (χ1) is 9.90. The van der Waals surface area contributed by atoms with E-state index in [9.17, 15) is 10.1 Å². The van der Waals surface area contributed by atoms with Crippen molar-refractivity contribution >= 4 is 37.5 Å². The fourth-order valence-electron chi connectivity index (χ4n) is 1.79. The minimum absolute atomic E-state index is 0.0428. The number of nitrogens with two attached hydrogens (primary N) is 1. The number of nitro benzene ring substituents is 1. The van der Waals surface area contributed by atoms with Crippen LogP contribution in [0.5, 0.6) is 11.5 Å². The van der Waals surface area contributed by atoms with Crippen molar-refractivity contribution in [1.82, 2.24) is 0 Å². The quantitative estimate of drug-likeness (QED) is 0.567. The SMILES string of the molecule is C[C@H](N)c1ccc(Oc2cccc([N+](=O)[O-])c2Br)cc1Br. The minimum Gasteiger partial charge on any atom is -0.456 e. The molecule has 2 aromatic rings. The van der Waals surface area contributed by atoms with E-state index in [-0.39, 0.29) is 11.7 Å². The van der Waals surface area contributed by atoms with Crippen LogP contribution in [-0.2, 0) is 0 Å². The normalized spacial score (nSPS) is 12.0. The number of ether oxygens (including phenoxy) is 1. The Balaban J connectivity index is 2.33. The second kappa shape index (κ2) is 6.55. The number of nitro groups is 1. The maximum absolute atomic E-state index is 10.9. The highest BCUT2D eigenvalue weighted by Crippen LogP contribution is 2.37. The second-order valence-electron chi connectivity index (χ2n) is 4.42. The van der Waals surface area contributed by atoms with Gasteiger partial charge in [-0.05, 0) is 46.6 Å². The lowest BCUT2D eigenvalue weighted by Crippen LogP contribution is -2.05. The zero-order chi connectivity index (χ0) is 15.6. The molecule has 5 nitrogen and oxygen atoms in total. The minimum atomic E-state index is -0.466.